The van der Waals surface area contributed by atoms with E-state index < -0.39 is 16.8 Å². The van der Waals surface area contributed by atoms with Crippen LogP contribution in [0.2, 0.25) is 0 Å². The van der Waals surface area contributed by atoms with Gasteiger partial charge in [-0.25, -0.2) is 8.93 Å². The lowest BCUT2D eigenvalue weighted by molar-refractivity contribution is 0.208. The van der Waals surface area contributed by atoms with Gasteiger partial charge in [-0.05, 0) is 13.8 Å². The Morgan fingerprint density at radius 1 is 1.67 bits per heavy atom. The molecule has 0 radical (unpaired) electrons. The first-order valence-corrected chi connectivity index (χ1v) is 3.58. The van der Waals surface area contributed by atoms with Crippen molar-refractivity contribution in [1.29, 1.82) is 0 Å². The van der Waals surface area contributed by atoms with Crippen LogP contribution in [0.4, 0.5) is 0 Å². The second-order valence-corrected chi connectivity index (χ2v) is 3.10. The van der Waals surface area contributed by atoms with E-state index in [-0.39, 0.29) is 6.61 Å². The van der Waals surface area contributed by atoms with Crippen molar-refractivity contribution in [3.8, 4) is 0 Å². The Kier molecular flexibility index (Phi) is 3.27. The van der Waals surface area contributed by atoms with Crippen LogP contribution in [0.1, 0.15) is 13.8 Å². The molecule has 0 saturated heterocycles. The summed E-state index contributed by atoms with van der Waals surface area (Å²) in [7, 11) is 0. The molecular formula is C4H11NO3S. The third-order valence-electron chi connectivity index (χ3n) is 0.759. The summed E-state index contributed by atoms with van der Waals surface area (Å²) in [5.74, 6) is 0. The molecule has 0 heterocycles. The maximum absolute atomic E-state index is 10.1. The minimum absolute atomic E-state index is 0.167. The van der Waals surface area contributed by atoms with Crippen molar-refractivity contribution in [3.05, 3.63) is 0 Å². The van der Waals surface area contributed by atoms with Gasteiger partial charge >= 0.3 is 0 Å². The number of aliphatic hydroxyl groups excluding tert-OH is 1. The molecule has 0 rings (SSSR count). The molecule has 0 aromatic heterocycles. The van der Waals surface area contributed by atoms with Crippen LogP contribution < -0.4 is 4.72 Å². The van der Waals surface area contributed by atoms with E-state index in [1.54, 1.807) is 13.8 Å². The highest BCUT2D eigenvalue weighted by Crippen LogP contribution is 1.98. The van der Waals surface area contributed by atoms with E-state index in [0.717, 1.165) is 0 Å². The average molecular weight is 153 g/mol. The van der Waals surface area contributed by atoms with Crippen molar-refractivity contribution in [2.75, 3.05) is 6.61 Å². The zero-order chi connectivity index (χ0) is 7.49. The highest BCUT2D eigenvalue weighted by molar-refractivity contribution is 7.77. The molecule has 0 aliphatic rings. The topological polar surface area (TPSA) is 69.6 Å². The summed E-state index contributed by atoms with van der Waals surface area (Å²) in [5, 5.41) is 8.53. The molecule has 0 fully saturated rings. The van der Waals surface area contributed by atoms with Crippen LogP contribution in [0.3, 0.4) is 0 Å². The van der Waals surface area contributed by atoms with Gasteiger partial charge in [0.25, 0.3) is 0 Å². The predicted molar refractivity (Wildman–Crippen MR) is 35.1 cm³/mol. The molecule has 1 atom stereocenters. The van der Waals surface area contributed by atoms with Gasteiger partial charge in [-0.1, -0.05) is 0 Å². The molecule has 0 bridgehead atoms. The van der Waals surface area contributed by atoms with Crippen LogP contribution in [-0.2, 0) is 11.3 Å². The maximum Gasteiger partial charge on any atom is 0.232 e. The second-order valence-electron chi connectivity index (χ2n) is 2.39. The summed E-state index contributed by atoms with van der Waals surface area (Å²) in [5.41, 5.74) is -0.681. The standard InChI is InChI=1S/C4H11NO3S/c1-4(2,3-6)5-9(7)8/h5-6H,3H2,1-2H3,(H,7,8). The Morgan fingerprint density at radius 3 is 2.22 bits per heavy atom. The fourth-order valence-electron chi connectivity index (χ4n) is 0.269. The SMILES string of the molecule is CC(C)(CO)NS(=O)O. The summed E-state index contributed by atoms with van der Waals surface area (Å²) in [6, 6.07) is 0. The third-order valence-corrected chi connectivity index (χ3v) is 1.49. The minimum Gasteiger partial charge on any atom is -0.394 e. The number of nitrogens with one attached hydrogen (secondary N) is 1. The molecule has 5 heteroatoms. The monoisotopic (exact) mass is 153 g/mol. The number of aliphatic hydroxyl groups is 1. The summed E-state index contributed by atoms with van der Waals surface area (Å²) < 4.78 is 20.6. The van der Waals surface area contributed by atoms with Crippen molar-refractivity contribution in [3.63, 3.8) is 0 Å². The van der Waals surface area contributed by atoms with E-state index in [4.69, 9.17) is 9.66 Å². The largest absolute Gasteiger partial charge is 0.394 e. The molecular weight excluding hydrogens is 142 g/mol. The van der Waals surface area contributed by atoms with Gasteiger partial charge in [-0.3, -0.25) is 4.55 Å². The summed E-state index contributed by atoms with van der Waals surface area (Å²) in [6.45, 7) is 3.08. The van der Waals surface area contributed by atoms with Gasteiger partial charge in [0.05, 0.1) is 12.1 Å². The van der Waals surface area contributed by atoms with Gasteiger partial charge in [0.2, 0.25) is 11.3 Å². The second kappa shape index (κ2) is 3.26. The van der Waals surface area contributed by atoms with E-state index in [2.05, 4.69) is 4.72 Å². The Labute approximate surface area is 56.7 Å². The van der Waals surface area contributed by atoms with Gasteiger partial charge in [0.1, 0.15) is 0 Å². The zero-order valence-electron chi connectivity index (χ0n) is 5.42. The van der Waals surface area contributed by atoms with Crippen molar-refractivity contribution >= 4 is 11.3 Å². The van der Waals surface area contributed by atoms with E-state index in [9.17, 15) is 4.21 Å². The predicted octanol–water partition coefficient (Wildman–Crippen LogP) is -0.516. The Balaban J connectivity index is 3.71. The Bertz CT molecular complexity index is 114. The quantitative estimate of drug-likeness (QED) is 0.478. The number of hydrogen-bond acceptors (Lipinski definition) is 2. The fourth-order valence-corrected chi connectivity index (χ4v) is 0.806. The summed E-state index contributed by atoms with van der Waals surface area (Å²) >= 11 is -2.04. The molecule has 9 heavy (non-hydrogen) atoms. The van der Waals surface area contributed by atoms with Crippen LogP contribution in [0.5, 0.6) is 0 Å². The molecule has 0 aliphatic carbocycles. The molecule has 4 nitrogen and oxygen atoms in total. The number of hydrogen-bond donors (Lipinski definition) is 3. The first-order valence-electron chi connectivity index (χ1n) is 2.47. The van der Waals surface area contributed by atoms with Gasteiger partial charge in [0, 0.05) is 0 Å². The molecule has 1 unspecified atom stereocenters. The Morgan fingerprint density at radius 2 is 2.11 bits per heavy atom. The van der Waals surface area contributed by atoms with Crippen molar-refractivity contribution in [2.45, 2.75) is 19.4 Å². The van der Waals surface area contributed by atoms with Crippen LogP contribution in [0.25, 0.3) is 0 Å². The Hall–Kier alpha value is 0.0300. The van der Waals surface area contributed by atoms with E-state index in [1.165, 1.54) is 0 Å². The van der Waals surface area contributed by atoms with Crippen molar-refractivity contribution in [1.82, 2.24) is 4.72 Å². The lowest BCUT2D eigenvalue weighted by Crippen LogP contribution is -2.43. The lowest BCUT2D eigenvalue weighted by atomic mass is 10.1. The van der Waals surface area contributed by atoms with E-state index in [1.807, 2.05) is 0 Å². The van der Waals surface area contributed by atoms with E-state index >= 15 is 0 Å². The van der Waals surface area contributed by atoms with Crippen LogP contribution in [0, 0.1) is 0 Å². The van der Waals surface area contributed by atoms with Gasteiger partial charge < -0.3 is 5.11 Å². The van der Waals surface area contributed by atoms with Crippen LogP contribution in [0.15, 0.2) is 0 Å². The molecule has 0 aliphatic heterocycles. The van der Waals surface area contributed by atoms with Crippen LogP contribution in [-0.4, -0.2) is 26.0 Å². The van der Waals surface area contributed by atoms with Gasteiger partial charge in [0.15, 0.2) is 0 Å². The van der Waals surface area contributed by atoms with Crippen LogP contribution >= 0.6 is 0 Å². The minimum atomic E-state index is -2.04. The van der Waals surface area contributed by atoms with Crippen molar-refractivity contribution in [2.24, 2.45) is 0 Å². The highest BCUT2D eigenvalue weighted by atomic mass is 32.2. The van der Waals surface area contributed by atoms with Gasteiger partial charge in [-0.2, -0.15) is 0 Å². The zero-order valence-corrected chi connectivity index (χ0v) is 6.23. The normalized spacial score (nSPS) is 15.6. The highest BCUT2D eigenvalue weighted by Gasteiger charge is 2.17. The molecule has 0 aromatic carbocycles. The maximum atomic E-state index is 10.1. The van der Waals surface area contributed by atoms with E-state index in [0.29, 0.717) is 0 Å². The lowest BCUT2D eigenvalue weighted by Gasteiger charge is -2.19. The van der Waals surface area contributed by atoms with Crippen molar-refractivity contribution < 1.29 is 13.9 Å². The average Bonchev–Trinajstić information content (AvgIpc) is 1.63. The molecule has 56 valence electrons. The third kappa shape index (κ3) is 4.53. The smallest absolute Gasteiger partial charge is 0.232 e. The van der Waals surface area contributed by atoms with Gasteiger partial charge in [-0.15, -0.1) is 0 Å². The number of rotatable bonds is 3. The molecule has 0 amide bonds. The molecule has 0 aromatic rings. The summed E-state index contributed by atoms with van der Waals surface area (Å²) in [6.07, 6.45) is 0. The molecule has 0 saturated carbocycles. The summed E-state index contributed by atoms with van der Waals surface area (Å²) in [4.78, 5) is 0. The molecule has 3 N–H and O–H groups in total. The first kappa shape index (κ1) is 9.03. The first-order chi connectivity index (χ1) is 3.98. The fraction of sp³-hybridized carbons (Fsp3) is 1.00. The molecule has 0 spiro atoms.